The molecule has 12 heteroatoms. The lowest BCUT2D eigenvalue weighted by Crippen LogP contribution is -2.40. The molecule has 0 aliphatic rings. The van der Waals surface area contributed by atoms with Gasteiger partial charge in [0.05, 0.1) is 29.8 Å². The quantitative estimate of drug-likeness (QED) is 0.219. The van der Waals surface area contributed by atoms with Crippen LogP contribution >= 0.6 is 11.6 Å². The van der Waals surface area contributed by atoms with E-state index >= 15 is 0 Å². The summed E-state index contributed by atoms with van der Waals surface area (Å²) in [5.74, 6) is -0.611. The molecular formula is C30H27ClF2N2O6S. The third-order valence-corrected chi connectivity index (χ3v) is 8.21. The molecule has 220 valence electrons. The molecule has 0 aliphatic heterocycles. The molecule has 0 atom stereocenters. The molecule has 0 unspecified atom stereocenters. The number of benzene rings is 4. The predicted molar refractivity (Wildman–Crippen MR) is 155 cm³/mol. The lowest BCUT2D eigenvalue weighted by Gasteiger charge is -2.25. The Kier molecular flexibility index (Phi) is 9.87. The molecule has 0 fully saturated rings. The van der Waals surface area contributed by atoms with Gasteiger partial charge in [0, 0.05) is 12.6 Å². The molecule has 4 aromatic carbocycles. The number of carbonyl (C=O) groups is 1. The fourth-order valence-electron chi connectivity index (χ4n) is 3.90. The summed E-state index contributed by atoms with van der Waals surface area (Å²) in [6, 6.07) is 20.3. The van der Waals surface area contributed by atoms with Crippen LogP contribution in [-0.2, 0) is 28.0 Å². The van der Waals surface area contributed by atoms with Crippen molar-refractivity contribution in [3.8, 4) is 17.2 Å². The fourth-order valence-corrected chi connectivity index (χ4v) is 5.50. The van der Waals surface area contributed by atoms with E-state index in [2.05, 4.69) is 5.32 Å². The van der Waals surface area contributed by atoms with Gasteiger partial charge in [-0.1, -0.05) is 35.9 Å². The maximum absolute atomic E-state index is 13.9. The lowest BCUT2D eigenvalue weighted by molar-refractivity contribution is -0.119. The summed E-state index contributed by atoms with van der Waals surface area (Å²) in [7, 11) is -1.56. The lowest BCUT2D eigenvalue weighted by atomic mass is 10.2. The number of methoxy groups -OCH3 is 2. The van der Waals surface area contributed by atoms with Crippen molar-refractivity contribution in [3.63, 3.8) is 0 Å². The minimum Gasteiger partial charge on any atom is -0.493 e. The monoisotopic (exact) mass is 616 g/mol. The summed E-state index contributed by atoms with van der Waals surface area (Å²) < 4.78 is 71.3. The number of carbonyl (C=O) groups excluding carboxylic acids is 1. The average molecular weight is 617 g/mol. The van der Waals surface area contributed by atoms with Crippen LogP contribution in [0.2, 0.25) is 5.02 Å². The maximum atomic E-state index is 13.9. The van der Waals surface area contributed by atoms with E-state index in [1.54, 1.807) is 36.4 Å². The van der Waals surface area contributed by atoms with Crippen LogP contribution in [0.15, 0.2) is 89.8 Å². The Morgan fingerprint density at radius 3 is 2.17 bits per heavy atom. The van der Waals surface area contributed by atoms with Crippen LogP contribution in [-0.4, -0.2) is 35.1 Å². The van der Waals surface area contributed by atoms with E-state index < -0.39 is 28.3 Å². The van der Waals surface area contributed by atoms with Gasteiger partial charge in [0.25, 0.3) is 10.0 Å². The van der Waals surface area contributed by atoms with Gasteiger partial charge in [-0.25, -0.2) is 17.2 Å². The van der Waals surface area contributed by atoms with Crippen LogP contribution in [0.25, 0.3) is 0 Å². The molecule has 4 aromatic rings. The molecule has 1 amide bonds. The standard InChI is InChI=1S/C30H27ClF2N2O6S/c1-39-28-14-12-25(16-29(28)40-2)42(37,38)35(23-9-13-27(33)26(31)15-23)18-30(36)34-17-20-5-10-24(11-6-20)41-19-21-3-7-22(32)8-4-21/h3-16H,17-19H2,1-2H3,(H,34,36). The molecule has 0 bridgehead atoms. The number of nitrogens with zero attached hydrogens (tertiary/aromatic N) is 1. The summed E-state index contributed by atoms with van der Waals surface area (Å²) in [5, 5.41) is 2.40. The molecule has 0 aromatic heterocycles. The summed E-state index contributed by atoms with van der Waals surface area (Å²) in [6.07, 6.45) is 0. The zero-order valence-electron chi connectivity index (χ0n) is 22.6. The Labute approximate surface area is 247 Å². The first-order valence-electron chi connectivity index (χ1n) is 12.5. The van der Waals surface area contributed by atoms with Crippen molar-refractivity contribution >= 4 is 33.2 Å². The van der Waals surface area contributed by atoms with Crippen molar-refractivity contribution in [2.75, 3.05) is 25.1 Å². The second kappa shape index (κ2) is 13.5. The fraction of sp³-hybridized carbons (Fsp3) is 0.167. The van der Waals surface area contributed by atoms with Gasteiger partial charge in [-0.2, -0.15) is 0 Å². The number of halogens is 3. The molecule has 0 saturated carbocycles. The number of rotatable bonds is 12. The van der Waals surface area contributed by atoms with Gasteiger partial charge in [0.2, 0.25) is 5.91 Å². The number of amides is 1. The minimum absolute atomic E-state index is 0.00556. The molecule has 0 heterocycles. The van der Waals surface area contributed by atoms with Crippen LogP contribution in [0.5, 0.6) is 17.2 Å². The SMILES string of the molecule is COc1ccc(S(=O)(=O)N(CC(=O)NCc2ccc(OCc3ccc(F)cc3)cc2)c2ccc(F)c(Cl)c2)cc1OC. The van der Waals surface area contributed by atoms with Gasteiger partial charge in [-0.15, -0.1) is 0 Å². The molecule has 8 nitrogen and oxygen atoms in total. The van der Waals surface area contributed by atoms with E-state index in [-0.39, 0.29) is 40.3 Å². The van der Waals surface area contributed by atoms with E-state index in [4.69, 9.17) is 25.8 Å². The van der Waals surface area contributed by atoms with E-state index in [1.165, 1.54) is 50.6 Å². The van der Waals surface area contributed by atoms with Crippen LogP contribution in [0.4, 0.5) is 14.5 Å². The van der Waals surface area contributed by atoms with Crippen LogP contribution in [0.3, 0.4) is 0 Å². The van der Waals surface area contributed by atoms with Gasteiger partial charge in [-0.3, -0.25) is 9.10 Å². The highest BCUT2D eigenvalue weighted by molar-refractivity contribution is 7.92. The van der Waals surface area contributed by atoms with Crippen molar-refractivity contribution in [2.45, 2.75) is 18.0 Å². The molecule has 0 spiro atoms. The largest absolute Gasteiger partial charge is 0.493 e. The summed E-state index contributed by atoms with van der Waals surface area (Å²) in [6.45, 7) is -0.253. The Morgan fingerprint density at radius 1 is 0.857 bits per heavy atom. The van der Waals surface area contributed by atoms with E-state index in [1.807, 2.05) is 0 Å². The van der Waals surface area contributed by atoms with Crippen LogP contribution in [0.1, 0.15) is 11.1 Å². The highest BCUT2D eigenvalue weighted by atomic mass is 35.5. The highest BCUT2D eigenvalue weighted by Crippen LogP contribution is 2.33. The average Bonchev–Trinajstić information content (AvgIpc) is 3.00. The van der Waals surface area contributed by atoms with Crippen molar-refractivity contribution in [2.24, 2.45) is 0 Å². The summed E-state index contributed by atoms with van der Waals surface area (Å²) >= 11 is 5.94. The van der Waals surface area contributed by atoms with Crippen molar-refractivity contribution in [1.29, 1.82) is 0 Å². The Bertz CT molecular complexity index is 1650. The number of ether oxygens (including phenoxy) is 3. The molecule has 4 rings (SSSR count). The molecule has 1 N–H and O–H groups in total. The van der Waals surface area contributed by atoms with E-state index in [9.17, 15) is 22.0 Å². The Hall–Kier alpha value is -4.35. The van der Waals surface area contributed by atoms with Crippen molar-refractivity contribution in [1.82, 2.24) is 5.32 Å². The molecule has 42 heavy (non-hydrogen) atoms. The zero-order chi connectivity index (χ0) is 30.3. The summed E-state index contributed by atoms with van der Waals surface area (Å²) in [5.41, 5.74) is 1.54. The Balaban J connectivity index is 1.47. The zero-order valence-corrected chi connectivity index (χ0v) is 24.2. The molecule has 0 saturated heterocycles. The smallest absolute Gasteiger partial charge is 0.264 e. The summed E-state index contributed by atoms with van der Waals surface area (Å²) in [4.78, 5) is 12.8. The second-order valence-electron chi connectivity index (χ2n) is 8.96. The first-order valence-corrected chi connectivity index (χ1v) is 14.3. The van der Waals surface area contributed by atoms with Crippen LogP contribution < -0.4 is 23.8 Å². The van der Waals surface area contributed by atoms with Gasteiger partial charge < -0.3 is 19.5 Å². The molecule has 0 radical (unpaired) electrons. The predicted octanol–water partition coefficient (Wildman–Crippen LogP) is 5.73. The third kappa shape index (κ3) is 7.48. The number of anilines is 1. The number of sulfonamides is 1. The van der Waals surface area contributed by atoms with Gasteiger partial charge >= 0.3 is 0 Å². The van der Waals surface area contributed by atoms with Gasteiger partial charge in [0.1, 0.15) is 30.5 Å². The topological polar surface area (TPSA) is 94.2 Å². The second-order valence-corrected chi connectivity index (χ2v) is 11.2. The number of nitrogens with one attached hydrogen (secondary N) is 1. The number of hydrogen-bond donors (Lipinski definition) is 1. The van der Waals surface area contributed by atoms with Crippen molar-refractivity contribution in [3.05, 3.63) is 113 Å². The molecule has 0 aliphatic carbocycles. The van der Waals surface area contributed by atoms with E-state index in [0.29, 0.717) is 11.5 Å². The van der Waals surface area contributed by atoms with Gasteiger partial charge in [-0.05, 0) is 65.7 Å². The minimum atomic E-state index is -4.34. The van der Waals surface area contributed by atoms with E-state index in [0.717, 1.165) is 27.6 Å². The third-order valence-electron chi connectivity index (χ3n) is 6.15. The number of hydrogen-bond acceptors (Lipinski definition) is 6. The first kappa shape index (κ1) is 30.6. The first-order chi connectivity index (χ1) is 20.1. The van der Waals surface area contributed by atoms with Gasteiger partial charge in [0.15, 0.2) is 11.5 Å². The Morgan fingerprint density at radius 2 is 1.52 bits per heavy atom. The van der Waals surface area contributed by atoms with Crippen LogP contribution in [0, 0.1) is 11.6 Å². The highest BCUT2D eigenvalue weighted by Gasteiger charge is 2.29. The maximum Gasteiger partial charge on any atom is 0.264 e. The molecular weight excluding hydrogens is 590 g/mol. The van der Waals surface area contributed by atoms with Crippen molar-refractivity contribution < 1.29 is 36.2 Å². The normalized spacial score (nSPS) is 11.1.